The largest absolute Gasteiger partial charge is 0.494 e. The van der Waals surface area contributed by atoms with Gasteiger partial charge in [0.1, 0.15) is 11.5 Å². The first-order valence-electron chi connectivity index (χ1n) is 8.22. The monoisotopic (exact) mass is 345 g/mol. The summed E-state index contributed by atoms with van der Waals surface area (Å²) in [6, 6.07) is 9.35. The molecule has 1 aromatic carbocycles. The van der Waals surface area contributed by atoms with Crippen LogP contribution in [0.4, 0.5) is 0 Å². The van der Waals surface area contributed by atoms with Gasteiger partial charge >= 0.3 is 0 Å². The van der Waals surface area contributed by atoms with Gasteiger partial charge in [0.15, 0.2) is 5.69 Å². The van der Waals surface area contributed by atoms with Gasteiger partial charge in [-0.15, -0.1) is 0 Å². The van der Waals surface area contributed by atoms with E-state index in [1.807, 2.05) is 31.2 Å². The van der Waals surface area contributed by atoms with E-state index < -0.39 is 0 Å². The maximum Gasteiger partial charge on any atom is 0.273 e. The van der Waals surface area contributed by atoms with Crippen molar-refractivity contribution in [2.45, 2.75) is 26.7 Å². The minimum absolute atomic E-state index is 0.0703. The number of hydrogen-bond acceptors (Lipinski definition) is 5. The van der Waals surface area contributed by atoms with Crippen molar-refractivity contribution in [2.75, 3.05) is 19.7 Å². The van der Waals surface area contributed by atoms with E-state index in [0.29, 0.717) is 38.3 Å². The second kappa shape index (κ2) is 9.46. The Hall–Kier alpha value is -2.83. The third-order valence-corrected chi connectivity index (χ3v) is 3.43. The molecule has 7 heteroatoms. The summed E-state index contributed by atoms with van der Waals surface area (Å²) in [4.78, 5) is 23.4. The molecule has 0 fully saturated rings. The maximum atomic E-state index is 11.7. The fraction of sp³-hybridized carbons (Fsp3) is 0.389. The summed E-state index contributed by atoms with van der Waals surface area (Å²) in [5.74, 6) is 0.986. The van der Waals surface area contributed by atoms with Gasteiger partial charge in [0.25, 0.3) is 5.91 Å². The Morgan fingerprint density at radius 1 is 1.12 bits per heavy atom. The van der Waals surface area contributed by atoms with Crippen LogP contribution in [0, 0.1) is 13.8 Å². The Balaban J connectivity index is 1.52. The SMILES string of the molecule is Cc1ccc(OCCCC(=O)NCCNC(=O)c2cc(C)on2)cc1. The molecule has 2 amide bonds. The van der Waals surface area contributed by atoms with Gasteiger partial charge in [-0.1, -0.05) is 22.9 Å². The molecule has 0 saturated heterocycles. The molecule has 134 valence electrons. The minimum Gasteiger partial charge on any atom is -0.494 e. The van der Waals surface area contributed by atoms with Gasteiger partial charge in [0, 0.05) is 25.6 Å². The molecule has 0 aliphatic heterocycles. The molecule has 2 aromatic rings. The quantitative estimate of drug-likeness (QED) is 0.678. The number of carbonyl (C=O) groups excluding carboxylic acids is 2. The Kier molecular flexibility index (Phi) is 7.00. The van der Waals surface area contributed by atoms with E-state index >= 15 is 0 Å². The van der Waals surface area contributed by atoms with Gasteiger partial charge in [0.05, 0.1) is 6.61 Å². The van der Waals surface area contributed by atoms with Crippen LogP contribution in [0.15, 0.2) is 34.9 Å². The fourth-order valence-electron chi connectivity index (χ4n) is 2.09. The zero-order valence-corrected chi connectivity index (χ0v) is 14.5. The van der Waals surface area contributed by atoms with Crippen molar-refractivity contribution in [1.29, 1.82) is 0 Å². The van der Waals surface area contributed by atoms with E-state index in [2.05, 4.69) is 15.8 Å². The predicted octanol–water partition coefficient (Wildman–Crippen LogP) is 2.00. The molecule has 0 aliphatic carbocycles. The van der Waals surface area contributed by atoms with Crippen LogP contribution in [0.2, 0.25) is 0 Å². The van der Waals surface area contributed by atoms with E-state index in [0.717, 1.165) is 5.75 Å². The number of benzene rings is 1. The first kappa shape index (κ1) is 18.5. The normalized spacial score (nSPS) is 10.3. The van der Waals surface area contributed by atoms with Crippen LogP contribution in [0.5, 0.6) is 5.75 Å². The Labute approximate surface area is 146 Å². The molecular weight excluding hydrogens is 322 g/mol. The van der Waals surface area contributed by atoms with Gasteiger partial charge in [-0.25, -0.2) is 0 Å². The first-order chi connectivity index (χ1) is 12.0. The molecule has 1 aromatic heterocycles. The van der Waals surface area contributed by atoms with Crippen molar-refractivity contribution in [3.05, 3.63) is 47.3 Å². The van der Waals surface area contributed by atoms with Crippen molar-refractivity contribution in [3.63, 3.8) is 0 Å². The number of nitrogens with one attached hydrogen (secondary N) is 2. The van der Waals surface area contributed by atoms with E-state index in [4.69, 9.17) is 9.26 Å². The number of amides is 2. The van der Waals surface area contributed by atoms with Gasteiger partial charge in [0.2, 0.25) is 5.91 Å². The predicted molar refractivity (Wildman–Crippen MR) is 92.5 cm³/mol. The maximum absolute atomic E-state index is 11.7. The summed E-state index contributed by atoms with van der Waals surface area (Å²) in [7, 11) is 0. The molecule has 25 heavy (non-hydrogen) atoms. The fourth-order valence-corrected chi connectivity index (χ4v) is 2.09. The van der Waals surface area contributed by atoms with E-state index in [9.17, 15) is 9.59 Å². The first-order valence-corrected chi connectivity index (χ1v) is 8.22. The zero-order valence-electron chi connectivity index (χ0n) is 14.5. The number of ether oxygens (including phenoxy) is 1. The summed E-state index contributed by atoms with van der Waals surface area (Å²) < 4.78 is 10.4. The second-order valence-corrected chi connectivity index (χ2v) is 5.69. The van der Waals surface area contributed by atoms with Crippen molar-refractivity contribution >= 4 is 11.8 Å². The van der Waals surface area contributed by atoms with E-state index in [1.54, 1.807) is 13.0 Å². The van der Waals surface area contributed by atoms with Crippen molar-refractivity contribution in [2.24, 2.45) is 0 Å². The van der Waals surface area contributed by atoms with Gasteiger partial charge in [-0.05, 0) is 32.4 Å². The molecule has 0 bridgehead atoms. The van der Waals surface area contributed by atoms with Crippen LogP contribution >= 0.6 is 0 Å². The standard InChI is InChI=1S/C18H23N3O4/c1-13-5-7-15(8-6-13)24-11-3-4-17(22)19-9-10-20-18(23)16-12-14(2)25-21-16/h5-8,12H,3-4,9-11H2,1-2H3,(H,19,22)(H,20,23). The molecule has 0 aliphatic rings. The topological polar surface area (TPSA) is 93.5 Å². The lowest BCUT2D eigenvalue weighted by Crippen LogP contribution is -2.34. The summed E-state index contributed by atoms with van der Waals surface area (Å²) in [6.07, 6.45) is 1.01. The molecule has 2 N–H and O–H groups in total. The van der Waals surface area contributed by atoms with E-state index in [1.165, 1.54) is 5.56 Å². The number of aryl methyl sites for hydroxylation is 2. The molecular formula is C18H23N3O4. The minimum atomic E-state index is -0.322. The summed E-state index contributed by atoms with van der Waals surface area (Å²) in [6.45, 7) is 4.91. The van der Waals surface area contributed by atoms with Crippen LogP contribution in [0.3, 0.4) is 0 Å². The summed E-state index contributed by atoms with van der Waals surface area (Å²) in [5, 5.41) is 9.03. The highest BCUT2D eigenvalue weighted by Crippen LogP contribution is 2.11. The smallest absolute Gasteiger partial charge is 0.273 e. The van der Waals surface area contributed by atoms with Crippen LogP contribution in [0.25, 0.3) is 0 Å². The van der Waals surface area contributed by atoms with Crippen LogP contribution in [0.1, 0.15) is 34.7 Å². The van der Waals surface area contributed by atoms with Gasteiger partial charge in [-0.2, -0.15) is 0 Å². The lowest BCUT2D eigenvalue weighted by molar-refractivity contribution is -0.121. The molecule has 0 radical (unpaired) electrons. The van der Waals surface area contributed by atoms with Gasteiger partial charge < -0.3 is 19.9 Å². The Morgan fingerprint density at radius 2 is 1.84 bits per heavy atom. The van der Waals surface area contributed by atoms with Crippen LogP contribution in [-0.2, 0) is 4.79 Å². The lowest BCUT2D eigenvalue weighted by Gasteiger charge is -2.08. The number of carbonyl (C=O) groups is 2. The third kappa shape index (κ3) is 6.66. The summed E-state index contributed by atoms with van der Waals surface area (Å²) >= 11 is 0. The van der Waals surface area contributed by atoms with Crippen LogP contribution < -0.4 is 15.4 Å². The van der Waals surface area contributed by atoms with Crippen LogP contribution in [-0.4, -0.2) is 36.7 Å². The highest BCUT2D eigenvalue weighted by molar-refractivity contribution is 5.92. The summed E-state index contributed by atoms with van der Waals surface area (Å²) in [5.41, 5.74) is 1.41. The number of aromatic nitrogens is 1. The second-order valence-electron chi connectivity index (χ2n) is 5.69. The molecule has 2 rings (SSSR count). The molecule has 0 saturated carbocycles. The third-order valence-electron chi connectivity index (χ3n) is 3.43. The Morgan fingerprint density at radius 3 is 2.52 bits per heavy atom. The zero-order chi connectivity index (χ0) is 18.1. The number of nitrogens with zero attached hydrogens (tertiary/aromatic N) is 1. The number of rotatable bonds is 9. The van der Waals surface area contributed by atoms with Crippen molar-refractivity contribution in [3.8, 4) is 5.75 Å². The highest BCUT2D eigenvalue weighted by Gasteiger charge is 2.10. The van der Waals surface area contributed by atoms with Crippen molar-refractivity contribution < 1.29 is 18.8 Å². The molecule has 0 spiro atoms. The average molecular weight is 345 g/mol. The molecule has 7 nitrogen and oxygen atoms in total. The highest BCUT2D eigenvalue weighted by atomic mass is 16.5. The van der Waals surface area contributed by atoms with Gasteiger partial charge in [-0.3, -0.25) is 9.59 Å². The Bertz CT molecular complexity index is 695. The lowest BCUT2D eigenvalue weighted by atomic mass is 10.2. The average Bonchev–Trinajstić information content (AvgIpc) is 3.03. The molecule has 0 atom stereocenters. The molecule has 0 unspecified atom stereocenters. The molecule has 1 heterocycles. The van der Waals surface area contributed by atoms with E-state index in [-0.39, 0.29) is 17.5 Å². The van der Waals surface area contributed by atoms with Crippen molar-refractivity contribution in [1.82, 2.24) is 15.8 Å². The number of hydrogen-bond donors (Lipinski definition) is 2.